The fourth-order valence-electron chi connectivity index (χ4n) is 1.46. The van der Waals surface area contributed by atoms with Crippen molar-refractivity contribution in [1.29, 1.82) is 0 Å². The van der Waals surface area contributed by atoms with Crippen LogP contribution >= 0.6 is 0 Å². The lowest BCUT2D eigenvalue weighted by molar-refractivity contribution is -0.0498. The van der Waals surface area contributed by atoms with Gasteiger partial charge in [0.1, 0.15) is 5.75 Å². The van der Waals surface area contributed by atoms with E-state index in [1.54, 1.807) is 25.3 Å². The first-order valence-corrected chi connectivity index (χ1v) is 5.46. The molecule has 0 bridgehead atoms. The molecule has 1 N–H and O–H groups in total. The molecular weight excluding hydrogens is 228 g/mol. The highest BCUT2D eigenvalue weighted by atomic mass is 19.3. The zero-order valence-corrected chi connectivity index (χ0v) is 9.95. The molecule has 5 heteroatoms. The van der Waals surface area contributed by atoms with Crippen LogP contribution < -0.4 is 10.1 Å². The van der Waals surface area contributed by atoms with Crippen molar-refractivity contribution in [2.45, 2.75) is 26.0 Å². The number of hydrogen-bond donors (Lipinski definition) is 1. The molecule has 0 fully saturated rings. The number of halogens is 2. The van der Waals surface area contributed by atoms with Crippen LogP contribution in [0.2, 0.25) is 0 Å². The summed E-state index contributed by atoms with van der Waals surface area (Å²) in [7, 11) is 1.63. The number of ether oxygens (including phenoxy) is 2. The van der Waals surface area contributed by atoms with Crippen molar-refractivity contribution in [3.8, 4) is 5.75 Å². The van der Waals surface area contributed by atoms with E-state index in [1.807, 2.05) is 6.92 Å². The number of anilines is 1. The average Bonchev–Trinajstić information content (AvgIpc) is 2.28. The van der Waals surface area contributed by atoms with Crippen molar-refractivity contribution in [2.75, 3.05) is 19.0 Å². The number of hydrogen-bond acceptors (Lipinski definition) is 3. The molecule has 3 nitrogen and oxygen atoms in total. The maximum atomic E-state index is 12.0. The van der Waals surface area contributed by atoms with Gasteiger partial charge >= 0.3 is 6.61 Å². The molecular formula is C12H17F2NO2. The third-order valence-electron chi connectivity index (χ3n) is 2.29. The van der Waals surface area contributed by atoms with Crippen LogP contribution in [0.3, 0.4) is 0 Å². The van der Waals surface area contributed by atoms with Gasteiger partial charge in [0.05, 0.1) is 6.61 Å². The van der Waals surface area contributed by atoms with Gasteiger partial charge in [0.25, 0.3) is 0 Å². The molecule has 0 aliphatic rings. The molecule has 0 spiro atoms. The predicted molar refractivity (Wildman–Crippen MR) is 62.7 cm³/mol. The number of nitrogens with one attached hydrogen (secondary N) is 1. The van der Waals surface area contributed by atoms with Crippen LogP contribution in [0, 0.1) is 0 Å². The van der Waals surface area contributed by atoms with Gasteiger partial charge < -0.3 is 14.8 Å². The SMILES string of the molecule is CCC(COC)Nc1cccc(OC(F)F)c1. The third kappa shape index (κ3) is 4.99. The zero-order chi connectivity index (χ0) is 12.7. The van der Waals surface area contributed by atoms with Crippen molar-refractivity contribution in [1.82, 2.24) is 0 Å². The van der Waals surface area contributed by atoms with Crippen molar-refractivity contribution in [3.05, 3.63) is 24.3 Å². The summed E-state index contributed by atoms with van der Waals surface area (Å²) in [5.41, 5.74) is 0.743. The number of methoxy groups -OCH3 is 1. The molecule has 0 aliphatic heterocycles. The van der Waals surface area contributed by atoms with Crippen molar-refractivity contribution in [2.24, 2.45) is 0 Å². The summed E-state index contributed by atoms with van der Waals surface area (Å²) in [6.45, 7) is -0.210. The highest BCUT2D eigenvalue weighted by Gasteiger charge is 2.08. The first-order valence-electron chi connectivity index (χ1n) is 5.46. The second-order valence-electron chi connectivity index (χ2n) is 3.61. The Morgan fingerprint density at radius 1 is 1.35 bits per heavy atom. The fourth-order valence-corrected chi connectivity index (χ4v) is 1.46. The predicted octanol–water partition coefficient (Wildman–Crippen LogP) is 3.12. The summed E-state index contributed by atoms with van der Waals surface area (Å²) >= 11 is 0. The lowest BCUT2D eigenvalue weighted by Crippen LogP contribution is -2.23. The highest BCUT2D eigenvalue weighted by molar-refractivity contribution is 5.48. The van der Waals surface area contributed by atoms with Crippen LogP contribution in [0.15, 0.2) is 24.3 Å². The summed E-state index contributed by atoms with van der Waals surface area (Å²) in [6, 6.07) is 6.66. The second kappa shape index (κ2) is 7.06. The normalized spacial score (nSPS) is 12.5. The molecule has 17 heavy (non-hydrogen) atoms. The molecule has 0 amide bonds. The van der Waals surface area contributed by atoms with E-state index in [0.717, 1.165) is 12.1 Å². The Kier molecular flexibility index (Phi) is 5.69. The Morgan fingerprint density at radius 3 is 2.71 bits per heavy atom. The first kappa shape index (κ1) is 13.7. The molecule has 1 aromatic rings. The fraction of sp³-hybridized carbons (Fsp3) is 0.500. The van der Waals surface area contributed by atoms with Gasteiger partial charge in [0.15, 0.2) is 0 Å². The summed E-state index contributed by atoms with van der Waals surface area (Å²) < 4.78 is 33.5. The second-order valence-corrected chi connectivity index (χ2v) is 3.61. The van der Waals surface area contributed by atoms with Gasteiger partial charge in [-0.3, -0.25) is 0 Å². The maximum absolute atomic E-state index is 12.0. The van der Waals surface area contributed by atoms with Crippen LogP contribution in [0.4, 0.5) is 14.5 Å². The van der Waals surface area contributed by atoms with Gasteiger partial charge in [-0.25, -0.2) is 0 Å². The summed E-state index contributed by atoms with van der Waals surface area (Å²) in [5, 5.41) is 3.19. The van der Waals surface area contributed by atoms with Gasteiger partial charge in [-0.15, -0.1) is 0 Å². The van der Waals surface area contributed by atoms with E-state index < -0.39 is 6.61 Å². The molecule has 0 saturated heterocycles. The zero-order valence-electron chi connectivity index (χ0n) is 9.95. The topological polar surface area (TPSA) is 30.5 Å². The lowest BCUT2D eigenvalue weighted by Gasteiger charge is -2.17. The van der Waals surface area contributed by atoms with Crippen molar-refractivity contribution in [3.63, 3.8) is 0 Å². The average molecular weight is 245 g/mol. The lowest BCUT2D eigenvalue weighted by atomic mass is 10.2. The van der Waals surface area contributed by atoms with Crippen LogP contribution in [0.5, 0.6) is 5.75 Å². The Hall–Kier alpha value is -1.36. The summed E-state index contributed by atoms with van der Waals surface area (Å²) in [5.74, 6) is 0.150. The Morgan fingerprint density at radius 2 is 2.12 bits per heavy atom. The minimum absolute atomic E-state index is 0.150. The Bertz CT molecular complexity index is 334. The monoisotopic (exact) mass is 245 g/mol. The van der Waals surface area contributed by atoms with Gasteiger partial charge in [-0.1, -0.05) is 13.0 Å². The van der Waals surface area contributed by atoms with Crippen molar-refractivity contribution < 1.29 is 18.3 Å². The number of benzene rings is 1. The van der Waals surface area contributed by atoms with Crippen LogP contribution in [-0.2, 0) is 4.74 Å². The smallest absolute Gasteiger partial charge is 0.387 e. The Balaban J connectivity index is 2.63. The molecule has 1 aromatic carbocycles. The molecule has 1 unspecified atom stereocenters. The van der Waals surface area contributed by atoms with Gasteiger partial charge in [-0.2, -0.15) is 8.78 Å². The van der Waals surface area contributed by atoms with Crippen LogP contribution in [0.25, 0.3) is 0 Å². The molecule has 1 rings (SSSR count). The van der Waals surface area contributed by atoms with Crippen molar-refractivity contribution >= 4 is 5.69 Å². The largest absolute Gasteiger partial charge is 0.435 e. The molecule has 96 valence electrons. The van der Waals surface area contributed by atoms with Crippen LogP contribution in [-0.4, -0.2) is 26.4 Å². The van der Waals surface area contributed by atoms with E-state index in [1.165, 1.54) is 6.07 Å². The quantitative estimate of drug-likeness (QED) is 0.800. The molecule has 0 aromatic heterocycles. The van der Waals surface area contributed by atoms with E-state index in [2.05, 4.69) is 10.1 Å². The molecule has 0 saturated carbocycles. The van der Waals surface area contributed by atoms with Gasteiger partial charge in [0.2, 0.25) is 0 Å². The van der Waals surface area contributed by atoms with E-state index in [-0.39, 0.29) is 11.8 Å². The number of alkyl halides is 2. The van der Waals surface area contributed by atoms with Crippen LogP contribution in [0.1, 0.15) is 13.3 Å². The minimum atomic E-state index is -2.80. The first-order chi connectivity index (χ1) is 8.15. The van der Waals surface area contributed by atoms with E-state index in [0.29, 0.717) is 6.61 Å². The molecule has 0 heterocycles. The molecule has 0 radical (unpaired) electrons. The van der Waals surface area contributed by atoms with Gasteiger partial charge in [-0.05, 0) is 18.6 Å². The van der Waals surface area contributed by atoms with E-state index >= 15 is 0 Å². The minimum Gasteiger partial charge on any atom is -0.435 e. The maximum Gasteiger partial charge on any atom is 0.387 e. The van der Waals surface area contributed by atoms with Gasteiger partial charge in [0, 0.05) is 24.9 Å². The molecule has 0 aliphatic carbocycles. The highest BCUT2D eigenvalue weighted by Crippen LogP contribution is 2.20. The summed E-state index contributed by atoms with van der Waals surface area (Å²) in [4.78, 5) is 0. The number of rotatable bonds is 7. The molecule has 1 atom stereocenters. The van der Waals surface area contributed by atoms with E-state index in [9.17, 15) is 8.78 Å². The summed E-state index contributed by atoms with van der Waals surface area (Å²) in [6.07, 6.45) is 0.883. The third-order valence-corrected chi connectivity index (χ3v) is 2.29. The standard InChI is InChI=1S/C12H17F2NO2/c1-3-9(8-16-2)15-10-5-4-6-11(7-10)17-12(13)14/h4-7,9,12,15H,3,8H2,1-2H3. The Labute approximate surface area is 99.7 Å². The van der Waals surface area contributed by atoms with E-state index in [4.69, 9.17) is 4.74 Å².